The second kappa shape index (κ2) is 30.1. The molecule has 0 heterocycles. The molecule has 0 aliphatic carbocycles. The molecule has 0 rings (SSSR count). The molecule has 0 aliphatic rings. The molecule has 0 N–H and O–H groups in total. The van der Waals surface area contributed by atoms with Crippen molar-refractivity contribution in [2.45, 2.75) is 207 Å². The lowest BCUT2D eigenvalue weighted by molar-refractivity contribution is 0.0208. The van der Waals surface area contributed by atoms with Crippen molar-refractivity contribution in [1.29, 1.82) is 0 Å². The highest BCUT2D eigenvalue weighted by Gasteiger charge is 2.42. The SMILES string of the molecule is CCCCCCCCCCCCCCCCCC(CC)O[Si](CCCCCCCC)(OCCC)OCCC. The molecule has 0 aromatic carbocycles. The van der Waals surface area contributed by atoms with Crippen molar-refractivity contribution in [1.82, 2.24) is 0 Å². The molecule has 1 atom stereocenters. The maximum Gasteiger partial charge on any atom is 0.501 e. The fourth-order valence-electron chi connectivity index (χ4n) is 5.29. The summed E-state index contributed by atoms with van der Waals surface area (Å²) in [6.07, 6.45) is 33.6. The van der Waals surface area contributed by atoms with Crippen LogP contribution in [0, 0.1) is 0 Å². The molecule has 230 valence electrons. The quantitative estimate of drug-likeness (QED) is 0.0609. The van der Waals surface area contributed by atoms with E-state index in [1.807, 2.05) is 0 Å². The van der Waals surface area contributed by atoms with Crippen molar-refractivity contribution in [3.8, 4) is 0 Å². The zero-order valence-electron chi connectivity index (χ0n) is 27.1. The van der Waals surface area contributed by atoms with E-state index in [4.69, 9.17) is 13.3 Å². The van der Waals surface area contributed by atoms with Gasteiger partial charge < -0.3 is 13.3 Å². The lowest BCUT2D eigenvalue weighted by atomic mass is 10.0. The van der Waals surface area contributed by atoms with Gasteiger partial charge in [-0.1, -0.05) is 163 Å². The van der Waals surface area contributed by atoms with Crippen molar-refractivity contribution in [2.75, 3.05) is 13.2 Å². The minimum atomic E-state index is -2.60. The van der Waals surface area contributed by atoms with Gasteiger partial charge in [-0.25, -0.2) is 0 Å². The lowest BCUT2D eigenvalue weighted by Crippen LogP contribution is -2.48. The Labute approximate surface area is 242 Å². The van der Waals surface area contributed by atoms with E-state index in [-0.39, 0.29) is 6.10 Å². The molecular formula is C34H72O3Si. The largest absolute Gasteiger partial charge is 0.501 e. The van der Waals surface area contributed by atoms with Crippen LogP contribution in [0.2, 0.25) is 6.04 Å². The van der Waals surface area contributed by atoms with E-state index in [0.717, 1.165) is 44.9 Å². The van der Waals surface area contributed by atoms with E-state index < -0.39 is 8.80 Å². The minimum Gasteiger partial charge on any atom is -0.373 e. The van der Waals surface area contributed by atoms with Crippen LogP contribution in [0.4, 0.5) is 0 Å². The molecular weight excluding hydrogens is 484 g/mol. The Morgan fingerprint density at radius 1 is 0.421 bits per heavy atom. The summed E-state index contributed by atoms with van der Waals surface area (Å²) in [5.74, 6) is 0. The number of hydrogen-bond acceptors (Lipinski definition) is 3. The Kier molecular flexibility index (Phi) is 30.1. The topological polar surface area (TPSA) is 27.7 Å². The Morgan fingerprint density at radius 2 is 0.789 bits per heavy atom. The molecule has 0 spiro atoms. The van der Waals surface area contributed by atoms with Gasteiger partial charge in [-0.15, -0.1) is 0 Å². The van der Waals surface area contributed by atoms with Crippen LogP contribution >= 0.6 is 0 Å². The fourth-order valence-corrected chi connectivity index (χ4v) is 8.43. The normalized spacial score (nSPS) is 12.9. The summed E-state index contributed by atoms with van der Waals surface area (Å²) in [5, 5.41) is 0. The van der Waals surface area contributed by atoms with Gasteiger partial charge >= 0.3 is 8.80 Å². The van der Waals surface area contributed by atoms with Gasteiger partial charge in [-0.05, 0) is 32.1 Å². The minimum absolute atomic E-state index is 0.289. The molecule has 0 aromatic rings. The summed E-state index contributed by atoms with van der Waals surface area (Å²) in [4.78, 5) is 0. The summed E-state index contributed by atoms with van der Waals surface area (Å²) in [6.45, 7) is 12.8. The third kappa shape index (κ3) is 23.9. The molecule has 0 saturated heterocycles. The summed E-state index contributed by atoms with van der Waals surface area (Å²) >= 11 is 0. The van der Waals surface area contributed by atoms with Crippen LogP contribution in [0.15, 0.2) is 0 Å². The molecule has 1 unspecified atom stereocenters. The van der Waals surface area contributed by atoms with Gasteiger partial charge in [0.1, 0.15) is 0 Å². The highest BCUT2D eigenvalue weighted by molar-refractivity contribution is 6.60. The van der Waals surface area contributed by atoms with Crippen LogP contribution in [-0.4, -0.2) is 28.1 Å². The van der Waals surface area contributed by atoms with E-state index >= 15 is 0 Å². The summed E-state index contributed by atoms with van der Waals surface area (Å²) in [6, 6.07) is 0.995. The van der Waals surface area contributed by atoms with E-state index in [9.17, 15) is 0 Å². The summed E-state index contributed by atoms with van der Waals surface area (Å²) in [7, 11) is -2.60. The van der Waals surface area contributed by atoms with E-state index in [2.05, 4.69) is 34.6 Å². The fraction of sp³-hybridized carbons (Fsp3) is 1.00. The highest BCUT2D eigenvalue weighted by Crippen LogP contribution is 2.26. The van der Waals surface area contributed by atoms with Crippen LogP contribution in [0.5, 0.6) is 0 Å². The Morgan fingerprint density at radius 3 is 1.16 bits per heavy atom. The second-order valence-corrected chi connectivity index (χ2v) is 14.5. The van der Waals surface area contributed by atoms with E-state index in [0.29, 0.717) is 0 Å². The third-order valence-corrected chi connectivity index (χ3v) is 10.8. The standard InChI is InChI=1S/C34H72O3Si/c1-6-11-13-15-17-18-19-20-21-22-23-24-25-26-28-30-34(10-5)37-38(35-31-8-3,36-32-9-4)33-29-27-16-14-12-7-2/h34H,6-33H2,1-5H3. The number of unbranched alkanes of at least 4 members (excludes halogenated alkanes) is 19. The van der Waals surface area contributed by atoms with Crippen molar-refractivity contribution >= 4 is 8.80 Å². The Hall–Kier alpha value is 0.0969. The van der Waals surface area contributed by atoms with E-state index in [1.165, 1.54) is 135 Å². The zero-order valence-corrected chi connectivity index (χ0v) is 28.1. The number of rotatable bonds is 32. The molecule has 0 radical (unpaired) electrons. The first-order chi connectivity index (χ1) is 18.7. The summed E-state index contributed by atoms with van der Waals surface area (Å²) < 4.78 is 19.8. The van der Waals surface area contributed by atoms with Gasteiger partial charge in [0, 0.05) is 25.4 Å². The smallest absolute Gasteiger partial charge is 0.373 e. The molecule has 0 aromatic heterocycles. The predicted molar refractivity (Wildman–Crippen MR) is 171 cm³/mol. The van der Waals surface area contributed by atoms with E-state index in [1.54, 1.807) is 0 Å². The van der Waals surface area contributed by atoms with Crippen LogP contribution in [-0.2, 0) is 13.3 Å². The molecule has 0 amide bonds. The van der Waals surface area contributed by atoms with Crippen molar-refractivity contribution in [3.63, 3.8) is 0 Å². The first-order valence-electron chi connectivity index (χ1n) is 17.6. The van der Waals surface area contributed by atoms with Gasteiger partial charge in [-0.3, -0.25) is 0 Å². The van der Waals surface area contributed by atoms with Crippen molar-refractivity contribution < 1.29 is 13.3 Å². The maximum atomic E-state index is 6.83. The molecule has 4 heteroatoms. The van der Waals surface area contributed by atoms with Crippen LogP contribution in [0.1, 0.15) is 195 Å². The molecule has 0 fully saturated rings. The lowest BCUT2D eigenvalue weighted by Gasteiger charge is -2.33. The molecule has 38 heavy (non-hydrogen) atoms. The summed E-state index contributed by atoms with van der Waals surface area (Å²) in [5.41, 5.74) is 0. The zero-order chi connectivity index (χ0) is 28.0. The van der Waals surface area contributed by atoms with Crippen molar-refractivity contribution in [3.05, 3.63) is 0 Å². The maximum absolute atomic E-state index is 6.83. The van der Waals surface area contributed by atoms with Gasteiger partial charge in [0.2, 0.25) is 0 Å². The highest BCUT2D eigenvalue weighted by atomic mass is 28.4. The molecule has 0 aliphatic heterocycles. The average Bonchev–Trinajstić information content (AvgIpc) is 2.93. The van der Waals surface area contributed by atoms with Crippen molar-refractivity contribution in [2.24, 2.45) is 0 Å². The van der Waals surface area contributed by atoms with Gasteiger partial charge in [0.05, 0.1) is 0 Å². The molecule has 0 bridgehead atoms. The predicted octanol–water partition coefficient (Wildman–Crippen LogP) is 12.2. The molecule has 3 nitrogen and oxygen atoms in total. The first-order valence-corrected chi connectivity index (χ1v) is 19.6. The number of hydrogen-bond donors (Lipinski definition) is 0. The second-order valence-electron chi connectivity index (χ2n) is 11.8. The Balaban J connectivity index is 4.19. The van der Waals surface area contributed by atoms with Gasteiger partial charge in [0.15, 0.2) is 0 Å². The van der Waals surface area contributed by atoms with Gasteiger partial charge in [-0.2, -0.15) is 0 Å². The molecule has 0 saturated carbocycles. The third-order valence-electron chi connectivity index (χ3n) is 7.82. The monoisotopic (exact) mass is 557 g/mol. The average molecular weight is 557 g/mol. The Bertz CT molecular complexity index is 437. The van der Waals surface area contributed by atoms with Crippen LogP contribution in [0.3, 0.4) is 0 Å². The van der Waals surface area contributed by atoms with Crippen LogP contribution in [0.25, 0.3) is 0 Å². The first kappa shape index (κ1) is 38.1. The van der Waals surface area contributed by atoms with Crippen LogP contribution < -0.4 is 0 Å². The van der Waals surface area contributed by atoms with Gasteiger partial charge in [0.25, 0.3) is 0 Å².